The molecule has 0 heterocycles. The van der Waals surface area contributed by atoms with Crippen molar-refractivity contribution < 1.29 is 14.6 Å². The maximum Gasteiger partial charge on any atom is 0.277 e. The van der Waals surface area contributed by atoms with E-state index in [1.54, 1.807) is 6.07 Å². The number of phenols is 1. The van der Waals surface area contributed by atoms with E-state index in [4.69, 9.17) is 4.74 Å². The van der Waals surface area contributed by atoms with Crippen LogP contribution in [0.5, 0.6) is 11.5 Å². The maximum atomic E-state index is 12.2. The van der Waals surface area contributed by atoms with Gasteiger partial charge >= 0.3 is 0 Å². The van der Waals surface area contributed by atoms with Crippen LogP contribution in [0.15, 0.2) is 96.1 Å². The van der Waals surface area contributed by atoms with Gasteiger partial charge in [0.15, 0.2) is 6.61 Å². The van der Waals surface area contributed by atoms with Crippen molar-refractivity contribution in [2.75, 3.05) is 6.61 Å². The molecule has 5 heteroatoms. The number of ether oxygens (including phenoxy) is 1. The van der Waals surface area contributed by atoms with Crippen LogP contribution in [-0.4, -0.2) is 23.8 Å². The standard InChI is InChI=1S/C25H20N2O3/c28-23-15-14-19-10-4-5-11-20(19)22(23)16-26-27-25(29)17-30-24-13-7-6-12-21(24)18-8-2-1-3-9-18/h1-16,28H,17H2,(H,27,29). The Labute approximate surface area is 174 Å². The molecule has 148 valence electrons. The summed E-state index contributed by atoms with van der Waals surface area (Å²) < 4.78 is 5.71. The largest absolute Gasteiger partial charge is 0.507 e. The Bertz CT molecular complexity index is 1200. The SMILES string of the molecule is O=C(COc1ccccc1-c1ccccc1)NN=Cc1c(O)ccc2ccccc12. The van der Waals surface area contributed by atoms with E-state index in [0.717, 1.165) is 21.9 Å². The number of amides is 1. The van der Waals surface area contributed by atoms with Crippen LogP contribution in [0.2, 0.25) is 0 Å². The Morgan fingerprint density at radius 2 is 1.63 bits per heavy atom. The highest BCUT2D eigenvalue weighted by Crippen LogP contribution is 2.29. The molecule has 0 saturated carbocycles. The summed E-state index contributed by atoms with van der Waals surface area (Å²) in [7, 11) is 0. The summed E-state index contributed by atoms with van der Waals surface area (Å²) in [6.45, 7) is -0.178. The molecular weight excluding hydrogens is 376 g/mol. The molecule has 4 rings (SSSR count). The first-order valence-electron chi connectivity index (χ1n) is 9.52. The topological polar surface area (TPSA) is 70.9 Å². The third-order valence-corrected chi connectivity index (χ3v) is 4.66. The molecule has 1 amide bonds. The lowest BCUT2D eigenvalue weighted by atomic mass is 10.0. The Morgan fingerprint density at radius 1 is 0.900 bits per heavy atom. The molecular formula is C25H20N2O3. The van der Waals surface area contributed by atoms with Gasteiger partial charge in [0.05, 0.1) is 6.21 Å². The summed E-state index contributed by atoms with van der Waals surface area (Å²) in [5.74, 6) is 0.322. The van der Waals surface area contributed by atoms with Gasteiger partial charge in [0, 0.05) is 11.1 Å². The second kappa shape index (κ2) is 8.92. The average molecular weight is 396 g/mol. The van der Waals surface area contributed by atoms with Crippen LogP contribution in [0.3, 0.4) is 0 Å². The molecule has 30 heavy (non-hydrogen) atoms. The zero-order chi connectivity index (χ0) is 20.8. The molecule has 0 bridgehead atoms. The lowest BCUT2D eigenvalue weighted by Crippen LogP contribution is -2.24. The molecule has 0 aliphatic heterocycles. The highest BCUT2D eigenvalue weighted by atomic mass is 16.5. The Hall–Kier alpha value is -4.12. The first-order chi connectivity index (χ1) is 14.7. The summed E-state index contributed by atoms with van der Waals surface area (Å²) in [6, 6.07) is 28.5. The molecule has 0 spiro atoms. The van der Waals surface area contributed by atoms with Gasteiger partial charge in [0.25, 0.3) is 5.91 Å². The number of hydrazone groups is 1. The van der Waals surface area contributed by atoms with E-state index in [9.17, 15) is 9.90 Å². The molecule has 2 N–H and O–H groups in total. The van der Waals surface area contributed by atoms with Crippen molar-refractivity contribution in [2.45, 2.75) is 0 Å². The van der Waals surface area contributed by atoms with E-state index in [-0.39, 0.29) is 12.4 Å². The average Bonchev–Trinajstić information content (AvgIpc) is 2.80. The van der Waals surface area contributed by atoms with E-state index >= 15 is 0 Å². The van der Waals surface area contributed by atoms with E-state index in [2.05, 4.69) is 10.5 Å². The normalized spacial score (nSPS) is 10.9. The molecule has 0 aliphatic rings. The van der Waals surface area contributed by atoms with Crippen molar-refractivity contribution >= 4 is 22.9 Å². The van der Waals surface area contributed by atoms with Gasteiger partial charge in [0.2, 0.25) is 0 Å². The summed E-state index contributed by atoms with van der Waals surface area (Å²) in [6.07, 6.45) is 1.44. The van der Waals surface area contributed by atoms with Crippen LogP contribution in [0.4, 0.5) is 0 Å². The lowest BCUT2D eigenvalue weighted by molar-refractivity contribution is -0.123. The number of rotatable bonds is 6. The Balaban J connectivity index is 1.42. The zero-order valence-corrected chi connectivity index (χ0v) is 16.2. The number of nitrogens with one attached hydrogen (secondary N) is 1. The van der Waals surface area contributed by atoms with Crippen molar-refractivity contribution in [3.05, 3.63) is 96.6 Å². The van der Waals surface area contributed by atoms with Gasteiger partial charge in [-0.05, 0) is 28.5 Å². The molecule has 0 aromatic heterocycles. The van der Waals surface area contributed by atoms with E-state index in [1.165, 1.54) is 6.21 Å². The molecule has 0 radical (unpaired) electrons. The van der Waals surface area contributed by atoms with Crippen LogP contribution in [-0.2, 0) is 4.79 Å². The predicted octanol–water partition coefficient (Wildman–Crippen LogP) is 4.74. The van der Waals surface area contributed by atoms with Crippen LogP contribution in [0.1, 0.15) is 5.56 Å². The van der Waals surface area contributed by atoms with Gasteiger partial charge < -0.3 is 9.84 Å². The first-order valence-corrected chi connectivity index (χ1v) is 9.52. The minimum atomic E-state index is -0.395. The van der Waals surface area contributed by atoms with E-state index in [1.807, 2.05) is 84.9 Å². The molecule has 0 atom stereocenters. The van der Waals surface area contributed by atoms with Crippen LogP contribution >= 0.6 is 0 Å². The summed E-state index contributed by atoms with van der Waals surface area (Å²) in [4.78, 5) is 12.2. The number of fused-ring (bicyclic) bond motifs is 1. The van der Waals surface area contributed by atoms with Crippen LogP contribution in [0.25, 0.3) is 21.9 Å². The predicted molar refractivity (Wildman–Crippen MR) is 119 cm³/mol. The molecule has 0 unspecified atom stereocenters. The summed E-state index contributed by atoms with van der Waals surface area (Å²) >= 11 is 0. The van der Waals surface area contributed by atoms with Crippen LogP contribution in [0, 0.1) is 0 Å². The summed E-state index contributed by atoms with van der Waals surface area (Å²) in [5, 5.41) is 15.9. The highest BCUT2D eigenvalue weighted by Gasteiger charge is 2.08. The number of carbonyl (C=O) groups excluding carboxylic acids is 1. The van der Waals surface area contributed by atoms with Crippen molar-refractivity contribution in [1.82, 2.24) is 5.43 Å². The van der Waals surface area contributed by atoms with Crippen molar-refractivity contribution in [3.8, 4) is 22.6 Å². The number of hydrogen-bond donors (Lipinski definition) is 2. The number of para-hydroxylation sites is 1. The fourth-order valence-electron chi connectivity index (χ4n) is 3.21. The van der Waals surface area contributed by atoms with Crippen LogP contribution < -0.4 is 10.2 Å². The maximum absolute atomic E-state index is 12.2. The van der Waals surface area contributed by atoms with Gasteiger partial charge in [-0.25, -0.2) is 5.43 Å². The number of aromatic hydroxyl groups is 1. The first kappa shape index (κ1) is 19.2. The third kappa shape index (κ3) is 4.31. The smallest absolute Gasteiger partial charge is 0.277 e. The number of hydrogen-bond acceptors (Lipinski definition) is 4. The van der Waals surface area contributed by atoms with Gasteiger partial charge in [-0.3, -0.25) is 4.79 Å². The molecule has 5 nitrogen and oxygen atoms in total. The van der Waals surface area contributed by atoms with Gasteiger partial charge in [-0.2, -0.15) is 5.10 Å². The molecule has 0 saturated heterocycles. The summed E-state index contributed by atoms with van der Waals surface area (Å²) in [5.41, 5.74) is 4.92. The molecule has 0 fully saturated rings. The number of carbonyl (C=O) groups is 1. The number of nitrogens with zero attached hydrogens (tertiary/aromatic N) is 1. The second-order valence-electron chi connectivity index (χ2n) is 6.66. The number of phenolic OH excluding ortho intramolecular Hbond substituents is 1. The lowest BCUT2D eigenvalue weighted by Gasteiger charge is -2.11. The van der Waals surface area contributed by atoms with Crippen molar-refractivity contribution in [3.63, 3.8) is 0 Å². The fraction of sp³-hybridized carbons (Fsp3) is 0.0400. The second-order valence-corrected chi connectivity index (χ2v) is 6.66. The molecule has 0 aliphatic carbocycles. The Morgan fingerprint density at radius 3 is 2.50 bits per heavy atom. The van der Waals surface area contributed by atoms with E-state index < -0.39 is 5.91 Å². The van der Waals surface area contributed by atoms with Gasteiger partial charge in [-0.1, -0.05) is 78.9 Å². The van der Waals surface area contributed by atoms with E-state index in [0.29, 0.717) is 11.3 Å². The van der Waals surface area contributed by atoms with Crippen molar-refractivity contribution in [1.29, 1.82) is 0 Å². The fourth-order valence-corrected chi connectivity index (χ4v) is 3.21. The molecule has 4 aromatic rings. The van der Waals surface area contributed by atoms with Gasteiger partial charge in [-0.15, -0.1) is 0 Å². The quantitative estimate of drug-likeness (QED) is 0.365. The minimum absolute atomic E-state index is 0.0970. The highest BCUT2D eigenvalue weighted by molar-refractivity contribution is 6.02. The van der Waals surface area contributed by atoms with Crippen molar-refractivity contribution in [2.24, 2.45) is 5.10 Å². The molecule has 4 aromatic carbocycles. The zero-order valence-electron chi connectivity index (χ0n) is 16.2. The Kier molecular flexibility index (Phi) is 5.71. The van der Waals surface area contributed by atoms with Gasteiger partial charge in [0.1, 0.15) is 11.5 Å². The number of benzene rings is 4. The third-order valence-electron chi connectivity index (χ3n) is 4.66. The minimum Gasteiger partial charge on any atom is -0.507 e. The monoisotopic (exact) mass is 396 g/mol.